The number of aromatic nitrogens is 13. The zero-order valence-corrected chi connectivity index (χ0v) is 36.3. The van der Waals surface area contributed by atoms with Crippen LogP contribution in [0.25, 0.3) is 54.8 Å². The Morgan fingerprint density at radius 1 is 0.350 bits per heavy atom. The molecule has 8 aromatic heterocycles. The highest BCUT2D eigenvalue weighted by molar-refractivity contribution is 5.83. The fourth-order valence-electron chi connectivity index (χ4n) is 6.73. The third-order valence-corrected chi connectivity index (χ3v) is 9.95. The van der Waals surface area contributed by atoms with Crippen LogP contribution in [0.5, 0.6) is 0 Å². The normalized spacial score (nSPS) is 11.2. The summed E-state index contributed by atoms with van der Waals surface area (Å²) >= 11 is 0. The summed E-state index contributed by atoms with van der Waals surface area (Å²) in [5.41, 5.74) is 11.8. The lowest BCUT2D eigenvalue weighted by Crippen LogP contribution is -1.88. The van der Waals surface area contributed by atoms with Crippen molar-refractivity contribution in [3.8, 4) is 0 Å². The molecule has 0 bridgehead atoms. The number of fused-ring (bicyclic) bond motifs is 5. The number of hydrogen-bond acceptors (Lipinski definition) is 8. The molecule has 0 unspecified atom stereocenters. The van der Waals surface area contributed by atoms with Crippen molar-refractivity contribution >= 4 is 54.8 Å². The molecule has 60 heavy (non-hydrogen) atoms. The maximum absolute atomic E-state index is 4.27. The summed E-state index contributed by atoms with van der Waals surface area (Å²) in [5.74, 6) is 2.41. The molecule has 8 heterocycles. The van der Waals surface area contributed by atoms with Gasteiger partial charge in [-0.3, -0.25) is 35.5 Å². The lowest BCUT2D eigenvalue weighted by Gasteiger charge is -1.99. The van der Waals surface area contributed by atoms with E-state index in [1.807, 2.05) is 72.9 Å². The maximum Gasteiger partial charge on any atom is 0.181 e. The average molecular weight is 804 g/mol. The molecule has 0 saturated heterocycles. The molecule has 10 aromatic rings. The summed E-state index contributed by atoms with van der Waals surface area (Å²) in [6, 6.07) is 26.1. The molecule has 0 saturated carbocycles. The van der Waals surface area contributed by atoms with E-state index in [0.29, 0.717) is 29.6 Å². The molecule has 0 amide bonds. The molecule has 0 radical (unpaired) electrons. The van der Waals surface area contributed by atoms with Crippen molar-refractivity contribution in [3.63, 3.8) is 0 Å². The first-order chi connectivity index (χ1) is 28.9. The fraction of sp³-hybridized carbons (Fsp3) is 0.319. The zero-order chi connectivity index (χ0) is 42.8. The highest BCUT2D eigenvalue weighted by atomic mass is 15.2. The number of nitrogens with zero attached hydrogens (tertiary/aromatic N) is 8. The number of nitrogens with one attached hydrogen (secondary N) is 5. The molecule has 0 atom stereocenters. The van der Waals surface area contributed by atoms with Gasteiger partial charge in [-0.05, 0) is 72.1 Å². The van der Waals surface area contributed by atoms with E-state index in [4.69, 9.17) is 0 Å². The number of benzene rings is 2. The highest BCUT2D eigenvalue weighted by Gasteiger charge is 2.11. The molecular weight excluding hydrogens is 747 g/mol. The second-order valence-corrected chi connectivity index (χ2v) is 16.1. The second kappa shape index (κ2) is 19.8. The lowest BCUT2D eigenvalue weighted by molar-refractivity contribution is 0.815. The van der Waals surface area contributed by atoms with Gasteiger partial charge in [-0.1, -0.05) is 106 Å². The van der Waals surface area contributed by atoms with Crippen LogP contribution in [0, 0.1) is 0 Å². The minimum Gasteiger partial charge on any atom is -0.281 e. The summed E-state index contributed by atoms with van der Waals surface area (Å²) in [6.45, 7) is 21.5. The molecule has 0 aliphatic rings. The zero-order valence-electron chi connectivity index (χ0n) is 36.3. The highest BCUT2D eigenvalue weighted by Crippen LogP contribution is 2.24. The Morgan fingerprint density at radius 3 is 1.32 bits per heavy atom. The summed E-state index contributed by atoms with van der Waals surface area (Å²) in [7, 11) is 0. The van der Waals surface area contributed by atoms with Crippen LogP contribution in [0.4, 0.5) is 0 Å². The van der Waals surface area contributed by atoms with Crippen molar-refractivity contribution in [1.82, 2.24) is 65.9 Å². The molecule has 0 fully saturated rings. The first-order valence-corrected chi connectivity index (χ1v) is 20.7. The predicted octanol–water partition coefficient (Wildman–Crippen LogP) is 11.6. The van der Waals surface area contributed by atoms with E-state index < -0.39 is 0 Å². The average Bonchev–Trinajstić information content (AvgIpc) is 4.10. The van der Waals surface area contributed by atoms with Crippen molar-refractivity contribution in [2.75, 3.05) is 0 Å². The van der Waals surface area contributed by atoms with Gasteiger partial charge in [-0.2, -0.15) is 25.5 Å². The van der Waals surface area contributed by atoms with Crippen molar-refractivity contribution in [1.29, 1.82) is 0 Å². The van der Waals surface area contributed by atoms with Gasteiger partial charge in [-0.25, -0.2) is 4.98 Å². The Labute approximate surface area is 350 Å². The maximum atomic E-state index is 4.27. The van der Waals surface area contributed by atoms with Crippen LogP contribution in [0.15, 0.2) is 104 Å². The number of H-pyrrole nitrogens is 5. The Balaban J connectivity index is 0.000000126. The second-order valence-electron chi connectivity index (χ2n) is 16.1. The van der Waals surface area contributed by atoms with Crippen LogP contribution in [0.2, 0.25) is 0 Å². The molecule has 10 rings (SSSR count). The van der Waals surface area contributed by atoms with E-state index in [-0.39, 0.29) is 0 Å². The van der Waals surface area contributed by atoms with Crippen LogP contribution in [0.3, 0.4) is 0 Å². The van der Waals surface area contributed by atoms with Crippen LogP contribution in [-0.4, -0.2) is 65.9 Å². The molecule has 310 valence electrons. The predicted molar refractivity (Wildman–Crippen MR) is 244 cm³/mol. The van der Waals surface area contributed by atoms with E-state index >= 15 is 0 Å². The van der Waals surface area contributed by atoms with Crippen LogP contribution in [0.1, 0.15) is 127 Å². The quantitative estimate of drug-likeness (QED) is 0.114. The molecule has 0 aliphatic heterocycles. The van der Waals surface area contributed by atoms with Gasteiger partial charge in [0.2, 0.25) is 0 Å². The van der Waals surface area contributed by atoms with Crippen molar-refractivity contribution in [2.24, 2.45) is 0 Å². The van der Waals surface area contributed by atoms with Crippen molar-refractivity contribution < 1.29 is 0 Å². The fourth-order valence-corrected chi connectivity index (χ4v) is 6.73. The first kappa shape index (κ1) is 42.8. The van der Waals surface area contributed by atoms with E-state index in [1.165, 1.54) is 22.2 Å². The van der Waals surface area contributed by atoms with Gasteiger partial charge in [0.1, 0.15) is 11.0 Å². The monoisotopic (exact) mass is 803 g/mol. The minimum absolute atomic E-state index is 0.449. The molecule has 5 N–H and O–H groups in total. The van der Waals surface area contributed by atoms with Gasteiger partial charge in [0.05, 0.1) is 22.2 Å². The van der Waals surface area contributed by atoms with Crippen LogP contribution < -0.4 is 0 Å². The summed E-state index contributed by atoms with van der Waals surface area (Å²) in [5, 5.41) is 40.8. The standard InChI is InChI=1S/2C10H12N2.3C9H11N3/c2*1-7(2)10-8-5-3-4-6-9(8)11-12-10;1-6(2)9-7-5-10-4-3-8(7)11-12-9;1-6(2)8-9-7(11-12-8)4-3-5-10-9;1-6(2)8-7-4-3-5-10-9(7)12-11-8/h2*3-7H,1-2H3,(H,11,12);2*3-6H,1-2H3,(H,11,12);3-6H,1-2H3,(H,10,11,12). The molecule has 13 nitrogen and oxygen atoms in total. The number of para-hydroxylation sites is 2. The van der Waals surface area contributed by atoms with Crippen LogP contribution in [-0.2, 0) is 0 Å². The third kappa shape index (κ3) is 10.1. The van der Waals surface area contributed by atoms with Gasteiger partial charge in [-0.15, -0.1) is 0 Å². The molecule has 0 spiro atoms. The third-order valence-electron chi connectivity index (χ3n) is 9.95. The van der Waals surface area contributed by atoms with Gasteiger partial charge in [0.25, 0.3) is 0 Å². The van der Waals surface area contributed by atoms with E-state index in [1.54, 1.807) is 18.6 Å². The van der Waals surface area contributed by atoms with E-state index in [0.717, 1.165) is 61.1 Å². The summed E-state index contributed by atoms with van der Waals surface area (Å²) in [6.07, 6.45) is 7.17. The number of rotatable bonds is 5. The Morgan fingerprint density at radius 2 is 0.750 bits per heavy atom. The Bertz CT molecular complexity index is 2400. The van der Waals surface area contributed by atoms with Gasteiger partial charge in [0.15, 0.2) is 5.65 Å². The van der Waals surface area contributed by atoms with Gasteiger partial charge < -0.3 is 0 Å². The molecule has 13 heteroatoms. The largest absolute Gasteiger partial charge is 0.281 e. The summed E-state index contributed by atoms with van der Waals surface area (Å²) in [4.78, 5) is 12.5. The Hall–Kier alpha value is -6.76. The topological polar surface area (TPSA) is 182 Å². The number of pyridine rings is 3. The first-order valence-electron chi connectivity index (χ1n) is 20.7. The van der Waals surface area contributed by atoms with Gasteiger partial charge in [0, 0.05) is 69.1 Å². The summed E-state index contributed by atoms with van der Waals surface area (Å²) < 4.78 is 0. The number of hydrogen-bond donors (Lipinski definition) is 5. The van der Waals surface area contributed by atoms with Crippen molar-refractivity contribution in [3.05, 3.63) is 132 Å². The van der Waals surface area contributed by atoms with E-state index in [9.17, 15) is 0 Å². The van der Waals surface area contributed by atoms with E-state index in [2.05, 4.69) is 147 Å². The smallest absolute Gasteiger partial charge is 0.181 e. The molecule has 0 aliphatic carbocycles. The molecule has 2 aromatic carbocycles. The SMILES string of the molecule is CC(C)c1[nH]nc2ccccc12.CC(C)c1[nH]nc2ccccc12.CC(C)c1[nH]nc2cccnc12.CC(C)c1[nH]nc2ccncc12.CC(C)c1[nH]nc2ncccc12. The van der Waals surface area contributed by atoms with Crippen LogP contribution >= 0.6 is 0 Å². The Kier molecular flexibility index (Phi) is 14.1. The van der Waals surface area contributed by atoms with Gasteiger partial charge >= 0.3 is 0 Å². The molecular formula is C47H57N13. The van der Waals surface area contributed by atoms with Crippen molar-refractivity contribution in [2.45, 2.75) is 98.8 Å². The minimum atomic E-state index is 0.449. The lowest BCUT2D eigenvalue weighted by atomic mass is 10.1. The number of aromatic amines is 5.